The zero-order chi connectivity index (χ0) is 18.5. The minimum Gasteiger partial charge on any atom is -0.488 e. The van der Waals surface area contributed by atoms with Crippen molar-refractivity contribution in [3.63, 3.8) is 0 Å². The molecule has 0 atom stereocenters. The molecule has 27 heavy (non-hydrogen) atoms. The summed E-state index contributed by atoms with van der Waals surface area (Å²) in [6.07, 6.45) is 0. The van der Waals surface area contributed by atoms with Gasteiger partial charge in [0.15, 0.2) is 0 Å². The maximum absolute atomic E-state index is 6.20. The highest BCUT2D eigenvalue weighted by Crippen LogP contribution is 2.37. The molecule has 2 heteroatoms. The minimum atomic E-state index is 0.550. The molecule has 0 spiro atoms. The van der Waals surface area contributed by atoms with E-state index in [-0.39, 0.29) is 0 Å². The van der Waals surface area contributed by atoms with Crippen molar-refractivity contribution in [2.24, 2.45) is 0 Å². The number of ether oxygens (including phenoxy) is 2. The van der Waals surface area contributed by atoms with Crippen molar-refractivity contribution in [1.29, 1.82) is 0 Å². The highest BCUT2D eigenvalue weighted by molar-refractivity contribution is 5.94. The number of aryl methyl sites for hydroxylation is 1. The normalized spacial score (nSPS) is 10.7. The standard InChI is InChI=1S/C25H22O2/c1-19-16-24(26-17-20-10-4-2-5-11-20)22-14-8-9-15-23(22)25(19)27-18-21-12-6-3-7-13-21/h2-16H,17-18H2,1H3. The van der Waals surface area contributed by atoms with Crippen LogP contribution in [0.25, 0.3) is 10.8 Å². The summed E-state index contributed by atoms with van der Waals surface area (Å²) in [4.78, 5) is 0. The topological polar surface area (TPSA) is 18.5 Å². The van der Waals surface area contributed by atoms with E-state index in [9.17, 15) is 0 Å². The lowest BCUT2D eigenvalue weighted by atomic mass is 10.0. The summed E-state index contributed by atoms with van der Waals surface area (Å²) in [5.74, 6) is 1.81. The Bertz CT molecular complexity index is 1020. The molecule has 134 valence electrons. The molecule has 0 saturated carbocycles. The molecule has 0 radical (unpaired) electrons. The molecular weight excluding hydrogens is 332 g/mol. The second-order valence-corrected chi connectivity index (χ2v) is 6.61. The average Bonchev–Trinajstić information content (AvgIpc) is 2.73. The van der Waals surface area contributed by atoms with Crippen molar-refractivity contribution in [3.05, 3.63) is 108 Å². The van der Waals surface area contributed by atoms with E-state index < -0.39 is 0 Å². The zero-order valence-corrected chi connectivity index (χ0v) is 15.4. The summed E-state index contributed by atoms with van der Waals surface area (Å²) >= 11 is 0. The number of hydrogen-bond acceptors (Lipinski definition) is 2. The van der Waals surface area contributed by atoms with Crippen LogP contribution in [0, 0.1) is 6.92 Å². The first-order valence-corrected chi connectivity index (χ1v) is 9.17. The lowest BCUT2D eigenvalue weighted by Crippen LogP contribution is -2.00. The Kier molecular flexibility index (Phi) is 5.06. The molecule has 2 nitrogen and oxygen atoms in total. The van der Waals surface area contributed by atoms with Gasteiger partial charge < -0.3 is 9.47 Å². The van der Waals surface area contributed by atoms with Crippen molar-refractivity contribution >= 4 is 10.8 Å². The molecule has 0 bridgehead atoms. The Morgan fingerprint density at radius 3 is 1.74 bits per heavy atom. The number of hydrogen-bond donors (Lipinski definition) is 0. The molecule has 4 rings (SSSR count). The first kappa shape index (κ1) is 17.2. The third-order valence-electron chi connectivity index (χ3n) is 4.61. The fourth-order valence-electron chi connectivity index (χ4n) is 3.22. The fourth-order valence-corrected chi connectivity index (χ4v) is 3.22. The SMILES string of the molecule is Cc1cc(OCc2ccccc2)c2ccccc2c1OCc1ccccc1. The Balaban J connectivity index is 1.63. The van der Waals surface area contributed by atoms with Crippen LogP contribution in [0.15, 0.2) is 91.0 Å². The minimum absolute atomic E-state index is 0.550. The van der Waals surface area contributed by atoms with E-state index in [0.29, 0.717) is 13.2 Å². The quantitative estimate of drug-likeness (QED) is 0.404. The molecule has 0 saturated heterocycles. The van der Waals surface area contributed by atoms with Crippen LogP contribution in [-0.4, -0.2) is 0 Å². The van der Waals surface area contributed by atoms with Crippen LogP contribution in [-0.2, 0) is 13.2 Å². The zero-order valence-electron chi connectivity index (χ0n) is 15.4. The molecule has 0 unspecified atom stereocenters. The van der Waals surface area contributed by atoms with E-state index in [0.717, 1.165) is 39.0 Å². The fraction of sp³-hybridized carbons (Fsp3) is 0.120. The van der Waals surface area contributed by atoms with Crippen LogP contribution < -0.4 is 9.47 Å². The summed E-state index contributed by atoms with van der Waals surface area (Å²) in [6, 6.07) is 30.8. The number of fused-ring (bicyclic) bond motifs is 1. The first-order chi connectivity index (χ1) is 13.3. The smallest absolute Gasteiger partial charge is 0.130 e. The van der Waals surface area contributed by atoms with Gasteiger partial charge in [-0.05, 0) is 29.7 Å². The molecule has 0 aromatic heterocycles. The van der Waals surface area contributed by atoms with Crippen LogP contribution in [0.1, 0.15) is 16.7 Å². The summed E-state index contributed by atoms with van der Waals surface area (Å²) in [7, 11) is 0. The first-order valence-electron chi connectivity index (χ1n) is 9.17. The Hall–Kier alpha value is -3.26. The highest BCUT2D eigenvalue weighted by atomic mass is 16.5. The Morgan fingerprint density at radius 1 is 0.593 bits per heavy atom. The van der Waals surface area contributed by atoms with Crippen LogP contribution in [0.5, 0.6) is 11.5 Å². The molecule has 0 N–H and O–H groups in total. The van der Waals surface area contributed by atoms with Crippen molar-refractivity contribution in [2.75, 3.05) is 0 Å². The van der Waals surface area contributed by atoms with Crippen LogP contribution in [0.3, 0.4) is 0 Å². The molecule has 0 heterocycles. The maximum Gasteiger partial charge on any atom is 0.130 e. The van der Waals surface area contributed by atoms with Crippen molar-refractivity contribution < 1.29 is 9.47 Å². The van der Waals surface area contributed by atoms with E-state index in [4.69, 9.17) is 9.47 Å². The largest absolute Gasteiger partial charge is 0.488 e. The van der Waals surface area contributed by atoms with Crippen molar-refractivity contribution in [1.82, 2.24) is 0 Å². The molecule has 4 aromatic carbocycles. The average molecular weight is 354 g/mol. The molecule has 0 aliphatic rings. The van der Waals surface area contributed by atoms with E-state index >= 15 is 0 Å². The second kappa shape index (κ2) is 7.96. The van der Waals surface area contributed by atoms with Gasteiger partial charge >= 0.3 is 0 Å². The van der Waals surface area contributed by atoms with Gasteiger partial charge in [-0.3, -0.25) is 0 Å². The van der Waals surface area contributed by atoms with Gasteiger partial charge in [0.2, 0.25) is 0 Å². The van der Waals surface area contributed by atoms with Gasteiger partial charge in [0, 0.05) is 10.8 Å². The highest BCUT2D eigenvalue weighted by Gasteiger charge is 2.12. The lowest BCUT2D eigenvalue weighted by molar-refractivity contribution is 0.301. The van der Waals surface area contributed by atoms with Gasteiger partial charge in [-0.1, -0.05) is 84.9 Å². The third-order valence-corrected chi connectivity index (χ3v) is 4.61. The summed E-state index contributed by atoms with van der Waals surface area (Å²) in [5, 5.41) is 2.15. The molecule has 0 fully saturated rings. The van der Waals surface area contributed by atoms with Gasteiger partial charge in [0.05, 0.1) is 0 Å². The molecule has 4 aromatic rings. The molecular formula is C25H22O2. The van der Waals surface area contributed by atoms with E-state index in [1.807, 2.05) is 48.5 Å². The number of benzene rings is 4. The summed E-state index contributed by atoms with van der Waals surface area (Å²) in [5.41, 5.74) is 3.39. The van der Waals surface area contributed by atoms with E-state index in [1.165, 1.54) is 0 Å². The van der Waals surface area contributed by atoms with Gasteiger partial charge in [0.1, 0.15) is 24.7 Å². The van der Waals surface area contributed by atoms with Gasteiger partial charge in [-0.15, -0.1) is 0 Å². The van der Waals surface area contributed by atoms with Gasteiger partial charge in [-0.2, -0.15) is 0 Å². The van der Waals surface area contributed by atoms with E-state index in [1.54, 1.807) is 0 Å². The second-order valence-electron chi connectivity index (χ2n) is 6.61. The van der Waals surface area contributed by atoms with Crippen molar-refractivity contribution in [2.45, 2.75) is 20.1 Å². The van der Waals surface area contributed by atoms with Gasteiger partial charge in [0.25, 0.3) is 0 Å². The Labute approximate surface area is 160 Å². The van der Waals surface area contributed by atoms with Crippen LogP contribution in [0.2, 0.25) is 0 Å². The van der Waals surface area contributed by atoms with E-state index in [2.05, 4.69) is 49.4 Å². The molecule has 0 amide bonds. The third kappa shape index (κ3) is 3.95. The predicted octanol–water partition coefficient (Wildman–Crippen LogP) is 6.31. The van der Waals surface area contributed by atoms with Crippen LogP contribution >= 0.6 is 0 Å². The van der Waals surface area contributed by atoms with Gasteiger partial charge in [-0.25, -0.2) is 0 Å². The summed E-state index contributed by atoms with van der Waals surface area (Å²) in [6.45, 7) is 3.17. The number of rotatable bonds is 6. The molecule has 0 aliphatic carbocycles. The summed E-state index contributed by atoms with van der Waals surface area (Å²) < 4.78 is 12.3. The van der Waals surface area contributed by atoms with Crippen molar-refractivity contribution in [3.8, 4) is 11.5 Å². The molecule has 0 aliphatic heterocycles. The maximum atomic E-state index is 6.20. The lowest BCUT2D eigenvalue weighted by Gasteiger charge is -2.16. The van der Waals surface area contributed by atoms with Crippen LogP contribution in [0.4, 0.5) is 0 Å². The Morgan fingerprint density at radius 2 is 1.11 bits per heavy atom. The monoisotopic (exact) mass is 354 g/mol. The predicted molar refractivity (Wildman–Crippen MR) is 110 cm³/mol.